The van der Waals surface area contributed by atoms with Gasteiger partial charge in [-0.25, -0.2) is 0 Å². The van der Waals surface area contributed by atoms with Crippen LogP contribution in [0.25, 0.3) is 0 Å². The number of piperidine rings is 1. The zero-order valence-electron chi connectivity index (χ0n) is 11.0. The van der Waals surface area contributed by atoms with Gasteiger partial charge in [0, 0.05) is 13.1 Å². The number of nitrogens with zero attached hydrogens (tertiary/aromatic N) is 1. The predicted molar refractivity (Wildman–Crippen MR) is 85.2 cm³/mol. The molecular weight excluding hydrogens is 258 g/mol. The average Bonchev–Trinajstić information content (AvgIpc) is 2.41. The Bertz CT molecular complexity index is 369. The molecule has 1 heterocycles. The molecule has 0 aliphatic carbocycles. The molecule has 1 aliphatic heterocycles. The highest BCUT2D eigenvalue weighted by Gasteiger charge is 2.20. The minimum absolute atomic E-state index is 0.832. The summed E-state index contributed by atoms with van der Waals surface area (Å²) in [5, 5.41) is 0. The maximum atomic E-state index is 5.43. The maximum absolute atomic E-state index is 5.43. The molecule has 98 valence electrons. The minimum atomic E-state index is 0.832. The first-order valence-corrected chi connectivity index (χ1v) is 8.14. The SMILES string of the molecule is CCSC(=S)N1CCC(Cc2ccccc2)CC1. The molecule has 1 fully saturated rings. The highest BCUT2D eigenvalue weighted by Crippen LogP contribution is 2.23. The molecule has 0 N–H and O–H groups in total. The minimum Gasteiger partial charge on any atom is -0.358 e. The van der Waals surface area contributed by atoms with Crippen molar-refractivity contribution in [2.75, 3.05) is 18.8 Å². The van der Waals surface area contributed by atoms with Gasteiger partial charge >= 0.3 is 0 Å². The van der Waals surface area contributed by atoms with Crippen LogP contribution in [0.1, 0.15) is 25.3 Å². The summed E-state index contributed by atoms with van der Waals surface area (Å²) in [4.78, 5) is 2.38. The lowest BCUT2D eigenvalue weighted by Crippen LogP contribution is -2.36. The van der Waals surface area contributed by atoms with Gasteiger partial charge in [0.05, 0.1) is 0 Å². The smallest absolute Gasteiger partial charge is 0.136 e. The third-order valence-electron chi connectivity index (χ3n) is 3.51. The lowest BCUT2D eigenvalue weighted by molar-refractivity contribution is 0.271. The van der Waals surface area contributed by atoms with E-state index in [0.717, 1.165) is 29.1 Å². The van der Waals surface area contributed by atoms with E-state index in [9.17, 15) is 0 Å². The number of benzene rings is 1. The largest absolute Gasteiger partial charge is 0.358 e. The first kappa shape index (κ1) is 13.9. The fraction of sp³-hybridized carbons (Fsp3) is 0.533. The van der Waals surface area contributed by atoms with Crippen LogP contribution in [0.3, 0.4) is 0 Å². The van der Waals surface area contributed by atoms with Crippen molar-refractivity contribution in [1.29, 1.82) is 0 Å². The summed E-state index contributed by atoms with van der Waals surface area (Å²) >= 11 is 7.23. The van der Waals surface area contributed by atoms with Crippen LogP contribution in [0.4, 0.5) is 0 Å². The summed E-state index contributed by atoms with van der Waals surface area (Å²) in [6, 6.07) is 10.8. The third kappa shape index (κ3) is 3.99. The molecule has 0 aromatic heterocycles. The van der Waals surface area contributed by atoms with Crippen molar-refractivity contribution in [3.05, 3.63) is 35.9 Å². The predicted octanol–water partition coefficient (Wildman–Crippen LogP) is 3.98. The number of likely N-dealkylation sites (tertiary alicyclic amines) is 1. The van der Waals surface area contributed by atoms with E-state index in [2.05, 4.69) is 42.2 Å². The molecule has 1 aliphatic rings. The highest BCUT2D eigenvalue weighted by molar-refractivity contribution is 8.22. The molecule has 0 amide bonds. The molecule has 0 atom stereocenters. The van der Waals surface area contributed by atoms with E-state index in [4.69, 9.17) is 12.2 Å². The van der Waals surface area contributed by atoms with Crippen molar-refractivity contribution < 1.29 is 0 Å². The van der Waals surface area contributed by atoms with Gasteiger partial charge in [-0.2, -0.15) is 0 Å². The van der Waals surface area contributed by atoms with E-state index >= 15 is 0 Å². The van der Waals surface area contributed by atoms with Crippen LogP contribution in [-0.2, 0) is 6.42 Å². The molecule has 0 saturated carbocycles. The van der Waals surface area contributed by atoms with Gasteiger partial charge in [0.1, 0.15) is 4.32 Å². The Hall–Kier alpha value is -0.540. The van der Waals surface area contributed by atoms with Crippen LogP contribution in [0.15, 0.2) is 30.3 Å². The Morgan fingerprint density at radius 2 is 1.94 bits per heavy atom. The van der Waals surface area contributed by atoms with Crippen LogP contribution < -0.4 is 0 Å². The molecule has 1 aromatic carbocycles. The number of rotatable bonds is 3. The number of thioether (sulfide) groups is 1. The van der Waals surface area contributed by atoms with Crippen molar-refractivity contribution in [1.82, 2.24) is 4.90 Å². The lowest BCUT2D eigenvalue weighted by atomic mass is 9.90. The summed E-state index contributed by atoms with van der Waals surface area (Å²) in [7, 11) is 0. The Labute approximate surface area is 120 Å². The number of hydrogen-bond acceptors (Lipinski definition) is 2. The maximum Gasteiger partial charge on any atom is 0.136 e. The average molecular weight is 279 g/mol. The van der Waals surface area contributed by atoms with Gasteiger partial charge in [-0.3, -0.25) is 0 Å². The summed E-state index contributed by atoms with van der Waals surface area (Å²) in [6.45, 7) is 4.45. The molecule has 0 bridgehead atoms. The lowest BCUT2D eigenvalue weighted by Gasteiger charge is -2.33. The molecule has 1 nitrogen and oxygen atoms in total. The van der Waals surface area contributed by atoms with E-state index in [0.29, 0.717) is 0 Å². The summed E-state index contributed by atoms with van der Waals surface area (Å²) in [6.07, 6.45) is 3.78. The quantitative estimate of drug-likeness (QED) is 0.771. The van der Waals surface area contributed by atoms with Crippen molar-refractivity contribution >= 4 is 28.3 Å². The monoisotopic (exact) mass is 279 g/mol. The van der Waals surface area contributed by atoms with E-state index in [1.165, 1.54) is 24.8 Å². The molecule has 1 saturated heterocycles. The van der Waals surface area contributed by atoms with Gasteiger partial charge in [0.25, 0.3) is 0 Å². The molecule has 1 aromatic rings. The van der Waals surface area contributed by atoms with E-state index in [1.54, 1.807) is 11.8 Å². The van der Waals surface area contributed by atoms with Crippen molar-refractivity contribution in [2.24, 2.45) is 5.92 Å². The molecule has 3 heteroatoms. The normalized spacial score (nSPS) is 16.8. The van der Waals surface area contributed by atoms with Crippen molar-refractivity contribution in [3.8, 4) is 0 Å². The zero-order chi connectivity index (χ0) is 12.8. The molecule has 2 rings (SSSR count). The fourth-order valence-electron chi connectivity index (χ4n) is 2.48. The first-order valence-electron chi connectivity index (χ1n) is 6.75. The number of hydrogen-bond donors (Lipinski definition) is 0. The topological polar surface area (TPSA) is 3.24 Å². The second kappa shape index (κ2) is 7.15. The van der Waals surface area contributed by atoms with Gasteiger partial charge in [-0.05, 0) is 36.5 Å². The van der Waals surface area contributed by atoms with E-state index in [-0.39, 0.29) is 0 Å². The standard InChI is InChI=1S/C15H21NS2/c1-2-18-15(17)16-10-8-14(9-11-16)12-13-6-4-3-5-7-13/h3-7,14H,2,8-12H2,1H3. The van der Waals surface area contributed by atoms with Gasteiger partial charge in [0.15, 0.2) is 0 Å². The van der Waals surface area contributed by atoms with E-state index in [1.807, 2.05) is 0 Å². The van der Waals surface area contributed by atoms with Crippen LogP contribution in [0, 0.1) is 5.92 Å². The van der Waals surface area contributed by atoms with E-state index < -0.39 is 0 Å². The second-order valence-electron chi connectivity index (χ2n) is 4.82. The van der Waals surface area contributed by atoms with Gasteiger partial charge in [-0.1, -0.05) is 61.2 Å². The van der Waals surface area contributed by atoms with Gasteiger partial charge in [0.2, 0.25) is 0 Å². The summed E-state index contributed by atoms with van der Waals surface area (Å²) in [5.41, 5.74) is 1.47. The Morgan fingerprint density at radius 3 is 2.56 bits per heavy atom. The summed E-state index contributed by atoms with van der Waals surface area (Å²) in [5.74, 6) is 1.92. The Balaban J connectivity index is 1.78. The molecular formula is C15H21NS2. The highest BCUT2D eigenvalue weighted by atomic mass is 32.2. The first-order chi connectivity index (χ1) is 8.79. The zero-order valence-corrected chi connectivity index (χ0v) is 12.6. The van der Waals surface area contributed by atoms with Gasteiger partial charge < -0.3 is 4.90 Å². The van der Waals surface area contributed by atoms with Crippen molar-refractivity contribution in [2.45, 2.75) is 26.2 Å². The van der Waals surface area contributed by atoms with Crippen LogP contribution in [-0.4, -0.2) is 28.1 Å². The Morgan fingerprint density at radius 1 is 1.28 bits per heavy atom. The van der Waals surface area contributed by atoms with Crippen LogP contribution in [0.5, 0.6) is 0 Å². The molecule has 0 spiro atoms. The third-order valence-corrected chi connectivity index (χ3v) is 4.91. The van der Waals surface area contributed by atoms with Crippen LogP contribution >= 0.6 is 24.0 Å². The van der Waals surface area contributed by atoms with Gasteiger partial charge in [-0.15, -0.1) is 0 Å². The van der Waals surface area contributed by atoms with Crippen LogP contribution in [0.2, 0.25) is 0 Å². The fourth-order valence-corrected chi connectivity index (χ4v) is 3.63. The van der Waals surface area contributed by atoms with Crippen molar-refractivity contribution in [3.63, 3.8) is 0 Å². The molecule has 0 radical (unpaired) electrons. The summed E-state index contributed by atoms with van der Waals surface area (Å²) < 4.78 is 1.09. The molecule has 0 unspecified atom stereocenters. The molecule has 18 heavy (non-hydrogen) atoms. The second-order valence-corrected chi connectivity index (χ2v) is 6.72. The number of thiocarbonyl (C=S) groups is 1. The Kier molecular flexibility index (Phi) is 5.51.